The second kappa shape index (κ2) is 26.0. The molecule has 7 N–H and O–H groups in total. The van der Waals surface area contributed by atoms with E-state index in [0.29, 0.717) is 68.0 Å². The number of carbonyl (C=O) groups excluding carboxylic acids is 6. The lowest BCUT2D eigenvalue weighted by Crippen LogP contribution is -2.59. The molecule has 19 heteroatoms. The van der Waals surface area contributed by atoms with Gasteiger partial charge < -0.3 is 47.0 Å². The lowest BCUT2D eigenvalue weighted by molar-refractivity contribution is -0.144. The Bertz CT molecular complexity index is 2740. The monoisotopic (exact) mass is 1060 g/mol. The van der Waals surface area contributed by atoms with Gasteiger partial charge in [-0.3, -0.25) is 33.4 Å². The van der Waals surface area contributed by atoms with E-state index in [-0.39, 0.29) is 67.0 Å². The van der Waals surface area contributed by atoms with Gasteiger partial charge >= 0.3 is 0 Å². The Morgan fingerprint density at radius 3 is 2.32 bits per heavy atom. The number of benzene rings is 2. The first-order valence-corrected chi connectivity index (χ1v) is 27.6. The number of nitrogens with zero attached hydrogens (tertiary/aromatic N) is 6. The third-order valence-electron chi connectivity index (χ3n) is 15.5. The number of likely N-dealkylation sites (tertiary alicyclic amines) is 1. The fourth-order valence-electron chi connectivity index (χ4n) is 11.0. The number of unbranched alkanes of at least 4 members (excludes halogenated alkanes) is 5. The number of fused-ring (bicyclic) bond motifs is 8. The molecule has 2 fully saturated rings. The molecule has 7 rings (SSSR count). The van der Waals surface area contributed by atoms with Crippen molar-refractivity contribution < 1.29 is 33.2 Å². The van der Waals surface area contributed by atoms with Crippen LogP contribution in [0.4, 0.5) is 15.9 Å². The molecule has 0 aliphatic carbocycles. The highest BCUT2D eigenvalue weighted by Gasteiger charge is 2.46. The number of amides is 6. The summed E-state index contributed by atoms with van der Waals surface area (Å²) in [6.45, 7) is 13.1. The van der Waals surface area contributed by atoms with E-state index in [2.05, 4.69) is 36.5 Å². The number of carbonyl (C=O) groups is 6. The summed E-state index contributed by atoms with van der Waals surface area (Å²) < 4.78 is 16.6. The Morgan fingerprint density at radius 1 is 0.935 bits per heavy atom. The maximum Gasteiger partial charge on any atom is 0.254 e. The van der Waals surface area contributed by atoms with E-state index < -0.39 is 35.4 Å². The topological polar surface area (TPSA) is 229 Å². The summed E-state index contributed by atoms with van der Waals surface area (Å²) >= 11 is 0. The highest BCUT2D eigenvalue weighted by Crippen LogP contribution is 2.42. The minimum absolute atomic E-state index is 0.0476. The van der Waals surface area contributed by atoms with Gasteiger partial charge in [0, 0.05) is 74.1 Å². The van der Waals surface area contributed by atoms with Gasteiger partial charge in [0.2, 0.25) is 29.5 Å². The van der Waals surface area contributed by atoms with Gasteiger partial charge in [-0.2, -0.15) is 5.10 Å². The molecule has 5 heterocycles. The van der Waals surface area contributed by atoms with E-state index >= 15 is 0 Å². The Hall–Kier alpha value is -6.89. The number of aromatic nitrogens is 3. The SMILES string of the molecule is CC[C@H](NC(=O)[C@H]1C[C@@H](NC(=O)CCCCCCCCC(=O)NCCn2nc3c(c2C)-c2cnc(N)c(c2)N2CCC[C@@H]2c2cc(F)ccc2C(=O)N(C)C3)CN1C(=O)[C@H](NC(=O)[C@@H](C)NC)C(C)(C)C)c1ccccc1. The molecule has 0 radical (unpaired) electrons. The molecular weight excluding hydrogens is 980 g/mol. The third-order valence-corrected chi connectivity index (χ3v) is 15.5. The van der Waals surface area contributed by atoms with Crippen molar-refractivity contribution in [3.63, 3.8) is 0 Å². The first kappa shape index (κ1) is 57.8. The molecule has 3 aliphatic rings. The summed E-state index contributed by atoms with van der Waals surface area (Å²) in [4.78, 5) is 91.7. The molecule has 3 aliphatic heterocycles. The zero-order valence-electron chi connectivity index (χ0n) is 46.3. The molecular formula is C58H81FN12O6. The molecule has 77 heavy (non-hydrogen) atoms. The van der Waals surface area contributed by atoms with Crippen LogP contribution in [0.15, 0.2) is 60.8 Å². The number of rotatable bonds is 21. The number of nitrogens with two attached hydrogens (primary N) is 1. The van der Waals surface area contributed by atoms with Gasteiger partial charge in [-0.25, -0.2) is 9.37 Å². The Balaban J connectivity index is 0.865. The van der Waals surface area contributed by atoms with Crippen LogP contribution in [0.2, 0.25) is 0 Å². The number of nitrogens with one attached hydrogen (secondary N) is 5. The molecule has 2 aromatic heterocycles. The summed E-state index contributed by atoms with van der Waals surface area (Å²) in [5.41, 5.74) is 11.8. The summed E-state index contributed by atoms with van der Waals surface area (Å²) in [6, 6.07) is 12.8. The lowest BCUT2D eigenvalue weighted by atomic mass is 9.85. The van der Waals surface area contributed by atoms with Gasteiger partial charge in [-0.15, -0.1) is 0 Å². The van der Waals surface area contributed by atoms with Gasteiger partial charge in [-0.05, 0) is 100 Å². The second-order valence-corrected chi connectivity index (χ2v) is 22.2. The summed E-state index contributed by atoms with van der Waals surface area (Å²) in [6.07, 6.45) is 9.84. The van der Waals surface area contributed by atoms with Crippen molar-refractivity contribution in [2.45, 2.75) is 168 Å². The number of likely N-dealkylation sites (N-methyl/N-ethyl adjacent to an activating group) is 1. The van der Waals surface area contributed by atoms with E-state index in [9.17, 15) is 33.2 Å². The normalized spacial score (nSPS) is 18.5. The van der Waals surface area contributed by atoms with Gasteiger partial charge in [0.25, 0.3) is 5.91 Å². The predicted molar refractivity (Wildman–Crippen MR) is 296 cm³/mol. The van der Waals surface area contributed by atoms with Crippen LogP contribution in [0.1, 0.15) is 157 Å². The average molecular weight is 1060 g/mol. The highest BCUT2D eigenvalue weighted by atomic mass is 19.1. The molecule has 2 aromatic carbocycles. The van der Waals surface area contributed by atoms with Crippen molar-refractivity contribution in [1.29, 1.82) is 0 Å². The molecule has 0 spiro atoms. The largest absolute Gasteiger partial charge is 0.382 e. The van der Waals surface area contributed by atoms with Crippen LogP contribution in [0.3, 0.4) is 0 Å². The number of anilines is 2. The molecule has 2 saturated heterocycles. The number of hydrogen-bond acceptors (Lipinski definition) is 11. The fraction of sp³-hybridized carbons (Fsp3) is 0.552. The Morgan fingerprint density at radius 2 is 1.64 bits per heavy atom. The first-order valence-electron chi connectivity index (χ1n) is 27.6. The van der Waals surface area contributed by atoms with Gasteiger partial charge in [0.15, 0.2) is 0 Å². The molecule has 4 aromatic rings. The van der Waals surface area contributed by atoms with Crippen LogP contribution < -0.4 is 37.2 Å². The zero-order valence-corrected chi connectivity index (χ0v) is 46.3. The quantitative estimate of drug-likeness (QED) is 0.0486. The van der Waals surface area contributed by atoms with Crippen LogP contribution in [-0.2, 0) is 37.1 Å². The van der Waals surface area contributed by atoms with Crippen molar-refractivity contribution in [2.24, 2.45) is 5.41 Å². The minimum atomic E-state index is -0.910. The lowest BCUT2D eigenvalue weighted by Gasteiger charge is -2.36. The summed E-state index contributed by atoms with van der Waals surface area (Å²) in [5, 5.41) is 20.1. The van der Waals surface area contributed by atoms with E-state index in [4.69, 9.17) is 10.8 Å². The van der Waals surface area contributed by atoms with E-state index in [1.54, 1.807) is 38.2 Å². The first-order chi connectivity index (χ1) is 36.8. The zero-order chi connectivity index (χ0) is 55.6. The molecule has 0 unspecified atom stereocenters. The number of hydrogen-bond donors (Lipinski definition) is 6. The molecule has 416 valence electrons. The third kappa shape index (κ3) is 14.2. The summed E-state index contributed by atoms with van der Waals surface area (Å²) in [7, 11) is 3.40. The van der Waals surface area contributed by atoms with Crippen LogP contribution in [-0.4, -0.2) is 118 Å². The van der Waals surface area contributed by atoms with Gasteiger partial charge in [-0.1, -0.05) is 83.7 Å². The number of halogens is 1. The predicted octanol–water partition coefficient (Wildman–Crippen LogP) is 6.63. The maximum atomic E-state index is 14.7. The Labute approximate surface area is 453 Å². The van der Waals surface area contributed by atoms with Crippen LogP contribution >= 0.6 is 0 Å². The van der Waals surface area contributed by atoms with E-state index in [1.165, 1.54) is 17.0 Å². The van der Waals surface area contributed by atoms with Gasteiger partial charge in [0.05, 0.1) is 42.6 Å². The van der Waals surface area contributed by atoms with Crippen LogP contribution in [0, 0.1) is 18.2 Å². The standard InChI is InChI=1S/C58H81FN12O6/c1-9-44(38-20-15-14-16-21-38)65-55(75)48-32-41(34-70(48)57(77)52(58(4,5)6)66-54(74)36(2)61-7)64-50(73)24-18-13-11-10-12-17-23-49(72)62-27-29-71-37(3)51-39-30-47(53(60)63-33-39)69-28-19-22-46(69)43-31-40(59)25-26-42(43)56(76)68(8)35-45(51)67-71/h14-16,20-21,25-26,30-31,33,36,41,44,46,48,52,61H,9-13,17-19,22-24,27-29,32,34-35H2,1-8H3,(H2,60,63)(H,62,72)(H,64,73)(H,65,75)(H,66,74)/t36-,41-,44+,46-,48-,52+/m1/s1. The Kier molecular flexibility index (Phi) is 19.5. The molecule has 2 bridgehead atoms. The number of nitrogen functional groups attached to an aromatic ring is 1. The van der Waals surface area contributed by atoms with Gasteiger partial charge in [0.1, 0.15) is 23.7 Å². The molecule has 0 saturated carbocycles. The number of pyridine rings is 1. The fourth-order valence-corrected chi connectivity index (χ4v) is 11.0. The second-order valence-electron chi connectivity index (χ2n) is 22.2. The van der Waals surface area contributed by atoms with Crippen molar-refractivity contribution in [1.82, 2.24) is 51.1 Å². The van der Waals surface area contributed by atoms with Crippen molar-refractivity contribution in [2.75, 3.05) is 44.4 Å². The van der Waals surface area contributed by atoms with Crippen molar-refractivity contribution in [3.05, 3.63) is 94.7 Å². The molecule has 6 amide bonds. The van der Waals surface area contributed by atoms with Crippen LogP contribution in [0.5, 0.6) is 0 Å². The van der Waals surface area contributed by atoms with E-state index in [0.717, 1.165) is 73.0 Å². The van der Waals surface area contributed by atoms with E-state index in [1.807, 2.05) is 75.7 Å². The maximum absolute atomic E-state index is 14.7. The molecule has 6 atom stereocenters. The summed E-state index contributed by atoms with van der Waals surface area (Å²) in [5.74, 6) is -1.46. The minimum Gasteiger partial charge on any atom is -0.382 e. The molecule has 18 nitrogen and oxygen atoms in total. The smallest absolute Gasteiger partial charge is 0.254 e. The van der Waals surface area contributed by atoms with Crippen LogP contribution in [0.25, 0.3) is 11.1 Å². The van der Waals surface area contributed by atoms with Crippen molar-refractivity contribution in [3.8, 4) is 11.1 Å². The average Bonchev–Trinajstić information content (AvgIpc) is 4.14. The highest BCUT2D eigenvalue weighted by molar-refractivity contribution is 5.96. The van der Waals surface area contributed by atoms with Crippen molar-refractivity contribution >= 4 is 46.9 Å².